The Labute approximate surface area is 239 Å². The summed E-state index contributed by atoms with van der Waals surface area (Å²) in [4.78, 5) is 39.3. The number of aromatic hydroxyl groups is 3. The van der Waals surface area contributed by atoms with Crippen molar-refractivity contribution < 1.29 is 68.3 Å². The highest BCUT2D eigenvalue weighted by Gasteiger charge is 2.95. The van der Waals surface area contributed by atoms with E-state index >= 15 is 0 Å². The molecule has 3 saturated heterocycles. The molecular formula is C28H32O14. The summed E-state index contributed by atoms with van der Waals surface area (Å²) in [6, 6.07) is 1.79. The fourth-order valence-corrected chi connectivity index (χ4v) is 7.93. The third-order valence-electron chi connectivity index (χ3n) is 10.1. The third-order valence-corrected chi connectivity index (χ3v) is 10.1. The van der Waals surface area contributed by atoms with Crippen molar-refractivity contribution >= 4 is 17.9 Å². The molecule has 2 bridgehead atoms. The predicted octanol–water partition coefficient (Wildman–Crippen LogP) is 0.0221. The zero-order valence-electron chi connectivity index (χ0n) is 23.4. The van der Waals surface area contributed by atoms with E-state index in [2.05, 4.69) is 0 Å². The Kier molecular flexibility index (Phi) is 5.92. The second-order valence-electron chi connectivity index (χ2n) is 12.0. The number of carbonyl (C=O) groups excluding carboxylic acids is 3. The largest absolute Gasteiger partial charge is 0.504 e. The summed E-state index contributed by atoms with van der Waals surface area (Å²) in [6.07, 6.45) is -4.29. The maximum absolute atomic E-state index is 13.4. The van der Waals surface area contributed by atoms with Crippen molar-refractivity contribution in [3.63, 3.8) is 0 Å². The molecular weight excluding hydrogens is 560 g/mol. The van der Waals surface area contributed by atoms with Crippen LogP contribution in [-0.4, -0.2) is 105 Å². The number of epoxide rings is 1. The number of hydrogen-bond donors (Lipinski definition) is 5. The first-order valence-corrected chi connectivity index (χ1v) is 13.4. The Morgan fingerprint density at radius 1 is 1.07 bits per heavy atom. The van der Waals surface area contributed by atoms with Crippen LogP contribution in [0.15, 0.2) is 23.5 Å². The number of carbonyl (C=O) groups is 3. The molecule has 5 fully saturated rings. The first-order chi connectivity index (χ1) is 19.6. The van der Waals surface area contributed by atoms with Crippen molar-refractivity contribution in [2.45, 2.75) is 68.4 Å². The van der Waals surface area contributed by atoms with Crippen LogP contribution >= 0.6 is 0 Å². The number of hydrogen-bond acceptors (Lipinski definition) is 14. The highest BCUT2D eigenvalue weighted by atomic mass is 16.7. The summed E-state index contributed by atoms with van der Waals surface area (Å²) in [5, 5.41) is 53.2. The molecule has 3 aliphatic heterocycles. The van der Waals surface area contributed by atoms with E-state index in [0.29, 0.717) is 0 Å². The molecule has 14 nitrogen and oxygen atoms in total. The van der Waals surface area contributed by atoms with E-state index in [-0.39, 0.29) is 23.3 Å². The molecule has 1 aromatic rings. The van der Waals surface area contributed by atoms with Crippen molar-refractivity contribution in [3.05, 3.63) is 29.0 Å². The zero-order valence-corrected chi connectivity index (χ0v) is 23.4. The lowest BCUT2D eigenvalue weighted by Crippen LogP contribution is -2.78. The summed E-state index contributed by atoms with van der Waals surface area (Å²) in [7, 11) is 2.61. The Balaban J connectivity index is 1.36. The van der Waals surface area contributed by atoms with Crippen molar-refractivity contribution in [1.82, 2.24) is 0 Å². The van der Waals surface area contributed by atoms with Crippen LogP contribution < -0.4 is 0 Å². The molecule has 0 aromatic heterocycles. The molecule has 3 heterocycles. The molecule has 9 atom stereocenters. The van der Waals surface area contributed by atoms with E-state index in [0.717, 1.165) is 12.1 Å². The highest BCUT2D eigenvalue weighted by molar-refractivity contribution is 5.94. The van der Waals surface area contributed by atoms with Gasteiger partial charge in [-0.2, -0.15) is 0 Å². The Morgan fingerprint density at radius 2 is 1.71 bits per heavy atom. The summed E-state index contributed by atoms with van der Waals surface area (Å²) in [5.74, 6) is -6.93. The van der Waals surface area contributed by atoms with Crippen LogP contribution in [0.3, 0.4) is 0 Å². The number of esters is 3. The van der Waals surface area contributed by atoms with Crippen LogP contribution in [0.25, 0.3) is 0 Å². The van der Waals surface area contributed by atoms with E-state index in [1.807, 2.05) is 0 Å². The van der Waals surface area contributed by atoms with Crippen LogP contribution in [0.1, 0.15) is 37.6 Å². The average Bonchev–Trinajstić information content (AvgIpc) is 3.59. The molecule has 228 valence electrons. The molecule has 0 radical (unpaired) electrons. The molecule has 5 N–H and O–H groups in total. The van der Waals surface area contributed by atoms with Crippen LogP contribution in [0.5, 0.6) is 17.2 Å². The zero-order chi connectivity index (χ0) is 30.7. The molecule has 2 aliphatic carbocycles. The maximum atomic E-state index is 13.4. The Hall–Kier alpha value is -3.59. The summed E-state index contributed by atoms with van der Waals surface area (Å²) < 4.78 is 34.0. The van der Waals surface area contributed by atoms with Gasteiger partial charge in [-0.3, -0.25) is 4.79 Å². The molecule has 0 unspecified atom stereocenters. The SMILES string of the molecule is CO/C(COC(=O)c1cc(O)c(O)c(O)c1)=C1/C[C@@]2(OC1=O)[C@@H]1O[C@@H]1[C@@]1(O)[C@H]3C(=O)O[C@@H]([C@@H](OC)[C@]12C)[C@@]3(O)C(C)C. The first-order valence-electron chi connectivity index (χ1n) is 13.4. The fraction of sp³-hybridized carbons (Fsp3) is 0.607. The van der Waals surface area contributed by atoms with Gasteiger partial charge in [-0.15, -0.1) is 0 Å². The van der Waals surface area contributed by atoms with E-state index in [4.69, 9.17) is 28.4 Å². The molecule has 14 heteroatoms. The van der Waals surface area contributed by atoms with Gasteiger partial charge in [-0.25, -0.2) is 9.59 Å². The van der Waals surface area contributed by atoms with E-state index in [1.54, 1.807) is 20.8 Å². The van der Waals surface area contributed by atoms with Gasteiger partial charge < -0.3 is 54.0 Å². The maximum Gasteiger partial charge on any atom is 0.338 e. The number of ether oxygens (including phenoxy) is 6. The minimum atomic E-state index is -2.04. The molecule has 1 spiro atoms. The van der Waals surface area contributed by atoms with Gasteiger partial charge in [0, 0.05) is 13.5 Å². The molecule has 1 aromatic carbocycles. The standard InChI is InChI=1S/C28H32O14/c1-10(2)27(35)17-24(34)41-20(27)18(38-5)25(3)26(19-21(40-19)28(17,25)36)8-12(23(33)42-26)15(37-4)9-39-22(32)11-6-13(29)16(31)14(30)7-11/h6-7,10,17-21,29-31,35-36H,8-9H2,1-5H3/b15-12-/t17-,18+,19+,20-,21-,25-,26+,27+,28-/m0/s1. The predicted molar refractivity (Wildman–Crippen MR) is 135 cm³/mol. The smallest absolute Gasteiger partial charge is 0.338 e. The van der Waals surface area contributed by atoms with Gasteiger partial charge in [0.05, 0.1) is 23.7 Å². The van der Waals surface area contributed by atoms with Gasteiger partial charge in [0.2, 0.25) is 0 Å². The van der Waals surface area contributed by atoms with Gasteiger partial charge in [0.25, 0.3) is 0 Å². The first kappa shape index (κ1) is 28.5. The van der Waals surface area contributed by atoms with Gasteiger partial charge in [-0.1, -0.05) is 20.8 Å². The Morgan fingerprint density at radius 3 is 2.29 bits per heavy atom. The topological polar surface area (TPSA) is 211 Å². The van der Waals surface area contributed by atoms with Crippen molar-refractivity contribution in [1.29, 1.82) is 0 Å². The van der Waals surface area contributed by atoms with E-state index in [9.17, 15) is 39.9 Å². The van der Waals surface area contributed by atoms with Crippen LogP contribution in [-0.2, 0) is 38.0 Å². The van der Waals surface area contributed by atoms with E-state index in [1.165, 1.54) is 14.2 Å². The molecule has 5 aliphatic rings. The second kappa shape index (κ2) is 8.72. The van der Waals surface area contributed by atoms with Crippen molar-refractivity contribution in [2.24, 2.45) is 17.3 Å². The number of phenolic OH excluding ortho intramolecular Hbond substituents is 3. The molecule has 0 amide bonds. The highest BCUT2D eigenvalue weighted by Crippen LogP contribution is 2.76. The second-order valence-corrected chi connectivity index (χ2v) is 12.0. The number of fused-ring (bicyclic) bond motifs is 8. The van der Waals surface area contributed by atoms with Crippen LogP contribution in [0.2, 0.25) is 0 Å². The molecule has 6 rings (SSSR count). The normalized spacial score (nSPS) is 42.2. The number of aliphatic hydroxyl groups is 2. The number of methoxy groups -OCH3 is 2. The summed E-state index contributed by atoms with van der Waals surface area (Å²) in [5.41, 5.74) is -7.19. The Bertz CT molecular complexity index is 1410. The lowest BCUT2D eigenvalue weighted by atomic mass is 9.48. The van der Waals surface area contributed by atoms with Gasteiger partial charge in [-0.05, 0) is 18.1 Å². The fourth-order valence-electron chi connectivity index (χ4n) is 7.93. The average molecular weight is 593 g/mol. The minimum Gasteiger partial charge on any atom is -0.504 e. The summed E-state index contributed by atoms with van der Waals surface area (Å²) in [6.45, 7) is 4.49. The number of phenols is 3. The lowest BCUT2D eigenvalue weighted by molar-refractivity contribution is -0.313. The van der Waals surface area contributed by atoms with Crippen LogP contribution in [0, 0.1) is 17.3 Å². The number of rotatable bonds is 6. The lowest BCUT2D eigenvalue weighted by Gasteiger charge is -2.60. The van der Waals surface area contributed by atoms with E-state index < -0.39 is 100 Å². The van der Waals surface area contributed by atoms with Crippen LogP contribution in [0.4, 0.5) is 0 Å². The van der Waals surface area contributed by atoms with Gasteiger partial charge >= 0.3 is 17.9 Å². The monoisotopic (exact) mass is 592 g/mol. The minimum absolute atomic E-state index is 0.0134. The van der Waals surface area contributed by atoms with Crippen molar-refractivity contribution in [3.8, 4) is 17.2 Å². The summed E-state index contributed by atoms with van der Waals surface area (Å²) >= 11 is 0. The van der Waals surface area contributed by atoms with Gasteiger partial charge in [0.1, 0.15) is 47.8 Å². The molecule has 2 saturated carbocycles. The number of benzene rings is 1. The quantitative estimate of drug-likeness (QED) is 0.0736. The van der Waals surface area contributed by atoms with Gasteiger partial charge in [0.15, 0.2) is 29.0 Å². The third kappa shape index (κ3) is 3.10. The molecule has 42 heavy (non-hydrogen) atoms. The van der Waals surface area contributed by atoms with Crippen molar-refractivity contribution in [2.75, 3.05) is 20.8 Å².